The summed E-state index contributed by atoms with van der Waals surface area (Å²) in [6.45, 7) is 6.09. The maximum absolute atomic E-state index is 3.80. The molecule has 0 amide bonds. The fourth-order valence-corrected chi connectivity index (χ4v) is 1.85. The third-order valence-electron chi connectivity index (χ3n) is 2.53. The van der Waals surface area contributed by atoms with Crippen LogP contribution in [0.15, 0.2) is 12.7 Å². The highest BCUT2D eigenvalue weighted by Gasteiger charge is 2.22. The maximum Gasteiger partial charge on any atom is 0.0163 e. The highest BCUT2D eigenvalue weighted by Crippen LogP contribution is 2.24. The minimum Gasteiger partial charge on any atom is -0.297 e. The van der Waals surface area contributed by atoms with Gasteiger partial charge < -0.3 is 0 Å². The fraction of sp³-hybridized carbons (Fsp3) is 0.800. The summed E-state index contributed by atoms with van der Waals surface area (Å²) in [5, 5.41) is 1.12. The van der Waals surface area contributed by atoms with Crippen LogP contribution in [0, 0.1) is 0 Å². The molecule has 0 aromatic rings. The molecular formula is C10H18BrN. The predicted octanol–water partition coefficient (Wildman–Crippen LogP) is 2.81. The molecule has 0 radical (unpaired) electrons. The van der Waals surface area contributed by atoms with Gasteiger partial charge in [0.2, 0.25) is 0 Å². The molecule has 0 heterocycles. The highest BCUT2D eigenvalue weighted by molar-refractivity contribution is 9.09. The van der Waals surface area contributed by atoms with Crippen molar-refractivity contribution < 1.29 is 0 Å². The smallest absolute Gasteiger partial charge is 0.0163 e. The fourth-order valence-electron chi connectivity index (χ4n) is 1.60. The summed E-state index contributed by atoms with van der Waals surface area (Å²) in [5.74, 6) is 0. The molecule has 1 fully saturated rings. The summed E-state index contributed by atoms with van der Waals surface area (Å²) in [6.07, 6.45) is 7.50. The van der Waals surface area contributed by atoms with Crippen molar-refractivity contribution in [1.29, 1.82) is 0 Å². The van der Waals surface area contributed by atoms with E-state index in [4.69, 9.17) is 0 Å². The van der Waals surface area contributed by atoms with Crippen molar-refractivity contribution in [3.05, 3.63) is 12.7 Å². The Kier molecular flexibility index (Phi) is 4.93. The van der Waals surface area contributed by atoms with E-state index in [0.29, 0.717) is 0 Å². The van der Waals surface area contributed by atoms with Gasteiger partial charge in [0.15, 0.2) is 0 Å². The minimum atomic E-state index is 0.863. The van der Waals surface area contributed by atoms with E-state index in [0.717, 1.165) is 17.9 Å². The van der Waals surface area contributed by atoms with E-state index < -0.39 is 0 Å². The van der Waals surface area contributed by atoms with Gasteiger partial charge in [-0.3, -0.25) is 4.90 Å². The van der Waals surface area contributed by atoms with Crippen LogP contribution in [0.4, 0.5) is 0 Å². The van der Waals surface area contributed by atoms with Crippen LogP contribution in [0.25, 0.3) is 0 Å². The van der Waals surface area contributed by atoms with Gasteiger partial charge in [-0.25, -0.2) is 0 Å². The van der Waals surface area contributed by atoms with E-state index in [1.807, 2.05) is 6.08 Å². The summed E-state index contributed by atoms with van der Waals surface area (Å²) >= 11 is 3.47. The van der Waals surface area contributed by atoms with Crippen LogP contribution in [0.2, 0.25) is 0 Å². The zero-order chi connectivity index (χ0) is 8.81. The quantitative estimate of drug-likeness (QED) is 0.502. The molecule has 0 bridgehead atoms. The lowest BCUT2D eigenvalue weighted by Crippen LogP contribution is -2.40. The molecule has 0 saturated heterocycles. The van der Waals surface area contributed by atoms with Gasteiger partial charge in [-0.1, -0.05) is 28.4 Å². The first-order valence-corrected chi connectivity index (χ1v) is 5.91. The summed E-state index contributed by atoms with van der Waals surface area (Å²) in [7, 11) is 0. The Labute approximate surface area is 84.0 Å². The average molecular weight is 232 g/mol. The molecule has 1 rings (SSSR count). The van der Waals surface area contributed by atoms with Crippen molar-refractivity contribution in [1.82, 2.24) is 4.90 Å². The molecule has 0 atom stereocenters. The SMILES string of the molecule is C=CCN(CCCBr)C1CCC1. The number of rotatable bonds is 6. The van der Waals surface area contributed by atoms with Gasteiger partial charge in [-0.05, 0) is 25.8 Å². The lowest BCUT2D eigenvalue weighted by molar-refractivity contribution is 0.142. The molecule has 2 heteroatoms. The molecule has 0 aromatic heterocycles. The van der Waals surface area contributed by atoms with E-state index in [2.05, 4.69) is 27.4 Å². The van der Waals surface area contributed by atoms with Crippen LogP contribution in [-0.4, -0.2) is 29.4 Å². The number of halogens is 1. The molecule has 0 spiro atoms. The summed E-state index contributed by atoms with van der Waals surface area (Å²) in [5.41, 5.74) is 0. The van der Waals surface area contributed by atoms with Crippen molar-refractivity contribution in [3.63, 3.8) is 0 Å². The predicted molar refractivity (Wildman–Crippen MR) is 57.8 cm³/mol. The van der Waals surface area contributed by atoms with E-state index in [9.17, 15) is 0 Å². The number of nitrogens with zero attached hydrogens (tertiary/aromatic N) is 1. The molecule has 70 valence electrons. The molecular weight excluding hydrogens is 214 g/mol. The van der Waals surface area contributed by atoms with Crippen molar-refractivity contribution in [2.24, 2.45) is 0 Å². The molecule has 1 aliphatic rings. The van der Waals surface area contributed by atoms with Crippen LogP contribution in [0.3, 0.4) is 0 Å². The second-order valence-electron chi connectivity index (χ2n) is 3.41. The first-order valence-electron chi connectivity index (χ1n) is 4.79. The second kappa shape index (κ2) is 5.76. The molecule has 0 aliphatic heterocycles. The van der Waals surface area contributed by atoms with E-state index >= 15 is 0 Å². The van der Waals surface area contributed by atoms with Crippen LogP contribution in [0.5, 0.6) is 0 Å². The van der Waals surface area contributed by atoms with E-state index in [1.54, 1.807) is 0 Å². The van der Waals surface area contributed by atoms with Crippen LogP contribution >= 0.6 is 15.9 Å². The van der Waals surface area contributed by atoms with Gasteiger partial charge in [-0.2, -0.15) is 0 Å². The Hall–Kier alpha value is 0.180. The third kappa shape index (κ3) is 2.91. The van der Waals surface area contributed by atoms with Crippen molar-refractivity contribution in [3.8, 4) is 0 Å². The first-order chi connectivity index (χ1) is 5.88. The molecule has 1 saturated carbocycles. The van der Waals surface area contributed by atoms with E-state index in [-0.39, 0.29) is 0 Å². The zero-order valence-corrected chi connectivity index (χ0v) is 9.22. The third-order valence-corrected chi connectivity index (χ3v) is 3.09. The Morgan fingerprint density at radius 2 is 2.25 bits per heavy atom. The highest BCUT2D eigenvalue weighted by atomic mass is 79.9. The van der Waals surface area contributed by atoms with Crippen LogP contribution in [0.1, 0.15) is 25.7 Å². The normalized spacial score (nSPS) is 17.8. The van der Waals surface area contributed by atoms with Gasteiger partial charge in [0.05, 0.1) is 0 Å². The van der Waals surface area contributed by atoms with Crippen molar-refractivity contribution >= 4 is 15.9 Å². The van der Waals surface area contributed by atoms with E-state index in [1.165, 1.54) is 32.2 Å². The second-order valence-corrected chi connectivity index (χ2v) is 4.20. The summed E-state index contributed by atoms with van der Waals surface area (Å²) < 4.78 is 0. The van der Waals surface area contributed by atoms with Gasteiger partial charge >= 0.3 is 0 Å². The van der Waals surface area contributed by atoms with Gasteiger partial charge in [0.25, 0.3) is 0 Å². The van der Waals surface area contributed by atoms with Gasteiger partial charge in [0, 0.05) is 17.9 Å². The molecule has 0 N–H and O–H groups in total. The Balaban J connectivity index is 2.21. The number of hydrogen-bond donors (Lipinski definition) is 0. The summed E-state index contributed by atoms with van der Waals surface area (Å²) in [6, 6.07) is 0.863. The molecule has 0 aromatic carbocycles. The van der Waals surface area contributed by atoms with Crippen LogP contribution in [-0.2, 0) is 0 Å². The lowest BCUT2D eigenvalue weighted by atomic mass is 9.91. The molecule has 1 aliphatic carbocycles. The summed E-state index contributed by atoms with van der Waals surface area (Å²) in [4.78, 5) is 2.55. The van der Waals surface area contributed by atoms with Crippen LogP contribution < -0.4 is 0 Å². The average Bonchev–Trinajstić information content (AvgIpc) is 1.97. The maximum atomic E-state index is 3.80. The Bertz CT molecular complexity index is 132. The monoisotopic (exact) mass is 231 g/mol. The van der Waals surface area contributed by atoms with Gasteiger partial charge in [0.1, 0.15) is 0 Å². The molecule has 0 unspecified atom stereocenters. The lowest BCUT2D eigenvalue weighted by Gasteiger charge is -2.36. The zero-order valence-electron chi connectivity index (χ0n) is 7.64. The van der Waals surface area contributed by atoms with Gasteiger partial charge in [-0.15, -0.1) is 6.58 Å². The Morgan fingerprint density at radius 3 is 2.67 bits per heavy atom. The van der Waals surface area contributed by atoms with Crippen molar-refractivity contribution in [2.45, 2.75) is 31.7 Å². The van der Waals surface area contributed by atoms with Crippen molar-refractivity contribution in [2.75, 3.05) is 18.4 Å². The number of alkyl halides is 1. The molecule has 12 heavy (non-hydrogen) atoms. The largest absolute Gasteiger partial charge is 0.297 e. The minimum absolute atomic E-state index is 0.863. The Morgan fingerprint density at radius 1 is 1.50 bits per heavy atom. The topological polar surface area (TPSA) is 3.24 Å². The first kappa shape index (κ1) is 10.3. The number of hydrogen-bond acceptors (Lipinski definition) is 1. The standard InChI is InChI=1S/C10H18BrN/c1-2-8-12(9-4-7-11)10-5-3-6-10/h2,10H,1,3-9H2. The molecule has 1 nitrogen and oxygen atoms in total.